The molecular formula is C19H22ClNO2. The molecule has 0 heterocycles. The van der Waals surface area contributed by atoms with Crippen molar-refractivity contribution < 1.29 is 9.53 Å². The minimum Gasteiger partial charge on any atom is -0.494 e. The molecule has 23 heavy (non-hydrogen) atoms. The van der Waals surface area contributed by atoms with Crippen LogP contribution in [0.5, 0.6) is 5.75 Å². The number of hydrogen-bond acceptors (Lipinski definition) is 2. The molecule has 0 radical (unpaired) electrons. The number of nitrogens with one attached hydrogen (secondary N) is 1. The highest BCUT2D eigenvalue weighted by Crippen LogP contribution is 2.16. The lowest BCUT2D eigenvalue weighted by atomic mass is 10.1. The first kappa shape index (κ1) is 17.4. The van der Waals surface area contributed by atoms with E-state index in [-0.39, 0.29) is 5.91 Å². The van der Waals surface area contributed by atoms with E-state index in [1.807, 2.05) is 54.6 Å². The molecule has 0 saturated heterocycles. The van der Waals surface area contributed by atoms with Gasteiger partial charge in [0.15, 0.2) is 0 Å². The maximum atomic E-state index is 11.7. The number of amides is 1. The molecule has 0 aromatic heterocycles. The Hall–Kier alpha value is -2.00. The summed E-state index contributed by atoms with van der Waals surface area (Å²) < 4.78 is 5.56. The number of carbonyl (C=O) groups is 1. The van der Waals surface area contributed by atoms with Gasteiger partial charge in [0.25, 0.3) is 0 Å². The Morgan fingerprint density at radius 2 is 1.74 bits per heavy atom. The number of ether oxygens (including phenoxy) is 1. The van der Waals surface area contributed by atoms with Gasteiger partial charge in [0.1, 0.15) is 5.75 Å². The maximum absolute atomic E-state index is 11.7. The molecule has 2 aromatic carbocycles. The molecule has 1 amide bonds. The molecule has 0 fully saturated rings. The standard InChI is InChI=1S/C19H22ClNO2/c20-18-12-5-4-8-16(18)9-6-14-21-19(22)13-7-15-23-17-10-2-1-3-11-17/h1-5,8,10-12H,6-7,9,13-15H2,(H,21,22). The van der Waals surface area contributed by atoms with Crippen molar-refractivity contribution in [1.29, 1.82) is 0 Å². The summed E-state index contributed by atoms with van der Waals surface area (Å²) in [6, 6.07) is 17.4. The molecular weight excluding hydrogens is 310 g/mol. The van der Waals surface area contributed by atoms with Gasteiger partial charge in [0.2, 0.25) is 5.91 Å². The van der Waals surface area contributed by atoms with E-state index in [2.05, 4.69) is 5.32 Å². The Kier molecular flexibility index (Phi) is 7.47. The number of para-hydroxylation sites is 1. The van der Waals surface area contributed by atoms with Gasteiger partial charge in [-0.25, -0.2) is 0 Å². The van der Waals surface area contributed by atoms with Crippen LogP contribution in [0.1, 0.15) is 24.8 Å². The van der Waals surface area contributed by atoms with E-state index in [1.54, 1.807) is 0 Å². The predicted molar refractivity (Wildman–Crippen MR) is 94.0 cm³/mol. The molecule has 2 aromatic rings. The number of hydrogen-bond donors (Lipinski definition) is 1. The third kappa shape index (κ3) is 6.74. The summed E-state index contributed by atoms with van der Waals surface area (Å²) in [5, 5.41) is 3.72. The molecule has 0 atom stereocenters. The summed E-state index contributed by atoms with van der Waals surface area (Å²) in [7, 11) is 0. The maximum Gasteiger partial charge on any atom is 0.220 e. The van der Waals surface area contributed by atoms with Gasteiger partial charge in [-0.1, -0.05) is 48.0 Å². The van der Waals surface area contributed by atoms with E-state index in [9.17, 15) is 4.79 Å². The number of halogens is 1. The van der Waals surface area contributed by atoms with Gasteiger partial charge in [-0.05, 0) is 43.0 Å². The summed E-state index contributed by atoms with van der Waals surface area (Å²) in [5.74, 6) is 0.911. The van der Waals surface area contributed by atoms with Crippen LogP contribution < -0.4 is 10.1 Å². The molecule has 3 nitrogen and oxygen atoms in total. The first-order chi connectivity index (χ1) is 11.3. The van der Waals surface area contributed by atoms with Gasteiger partial charge < -0.3 is 10.1 Å². The summed E-state index contributed by atoms with van der Waals surface area (Å²) in [5.41, 5.74) is 1.12. The second-order valence-corrected chi connectivity index (χ2v) is 5.72. The zero-order valence-corrected chi connectivity index (χ0v) is 13.9. The largest absolute Gasteiger partial charge is 0.494 e. The summed E-state index contributed by atoms with van der Waals surface area (Å²) in [6.07, 6.45) is 2.96. The van der Waals surface area contributed by atoms with Crippen LogP contribution in [-0.4, -0.2) is 19.1 Å². The third-order valence-corrected chi connectivity index (χ3v) is 3.83. The Labute approximate surface area is 142 Å². The van der Waals surface area contributed by atoms with Crippen molar-refractivity contribution in [3.8, 4) is 5.75 Å². The molecule has 0 saturated carbocycles. The van der Waals surface area contributed by atoms with Crippen molar-refractivity contribution in [3.63, 3.8) is 0 Å². The lowest BCUT2D eigenvalue weighted by Crippen LogP contribution is -2.24. The van der Waals surface area contributed by atoms with E-state index < -0.39 is 0 Å². The molecule has 0 aliphatic heterocycles. The second-order valence-electron chi connectivity index (χ2n) is 5.31. The van der Waals surface area contributed by atoms with Crippen molar-refractivity contribution in [3.05, 3.63) is 65.2 Å². The number of aryl methyl sites for hydroxylation is 1. The smallest absolute Gasteiger partial charge is 0.220 e. The molecule has 0 aliphatic carbocycles. The van der Waals surface area contributed by atoms with Crippen molar-refractivity contribution in [2.24, 2.45) is 0 Å². The molecule has 0 aliphatic rings. The second kappa shape index (κ2) is 9.90. The first-order valence-corrected chi connectivity index (χ1v) is 8.31. The number of rotatable bonds is 9. The average molecular weight is 332 g/mol. The SMILES string of the molecule is O=C(CCCOc1ccccc1)NCCCc1ccccc1Cl. The quantitative estimate of drug-likeness (QED) is 0.698. The van der Waals surface area contributed by atoms with Crippen LogP contribution in [0.3, 0.4) is 0 Å². The first-order valence-electron chi connectivity index (χ1n) is 7.93. The van der Waals surface area contributed by atoms with Crippen LogP contribution in [0, 0.1) is 0 Å². The molecule has 4 heteroatoms. The predicted octanol–water partition coefficient (Wildman–Crippen LogP) is 4.25. The fraction of sp³-hybridized carbons (Fsp3) is 0.316. The van der Waals surface area contributed by atoms with E-state index in [4.69, 9.17) is 16.3 Å². The zero-order chi connectivity index (χ0) is 16.3. The Morgan fingerprint density at radius 1 is 1.00 bits per heavy atom. The van der Waals surface area contributed by atoms with E-state index in [0.717, 1.165) is 29.2 Å². The summed E-state index contributed by atoms with van der Waals surface area (Å²) >= 11 is 6.10. The van der Waals surface area contributed by atoms with Gasteiger partial charge in [-0.2, -0.15) is 0 Å². The van der Waals surface area contributed by atoms with E-state index >= 15 is 0 Å². The van der Waals surface area contributed by atoms with Crippen molar-refractivity contribution in [2.45, 2.75) is 25.7 Å². The van der Waals surface area contributed by atoms with Gasteiger partial charge >= 0.3 is 0 Å². The van der Waals surface area contributed by atoms with Crippen LogP contribution in [0.25, 0.3) is 0 Å². The molecule has 0 spiro atoms. The Bertz CT molecular complexity index is 601. The van der Waals surface area contributed by atoms with Crippen LogP contribution >= 0.6 is 11.6 Å². The van der Waals surface area contributed by atoms with Crippen LogP contribution in [-0.2, 0) is 11.2 Å². The third-order valence-electron chi connectivity index (χ3n) is 3.46. The van der Waals surface area contributed by atoms with Crippen molar-refractivity contribution >= 4 is 17.5 Å². The zero-order valence-electron chi connectivity index (χ0n) is 13.1. The Morgan fingerprint density at radius 3 is 2.52 bits per heavy atom. The fourth-order valence-electron chi connectivity index (χ4n) is 2.24. The number of carbonyl (C=O) groups excluding carboxylic acids is 1. The summed E-state index contributed by atoms with van der Waals surface area (Å²) in [4.78, 5) is 11.7. The van der Waals surface area contributed by atoms with Gasteiger partial charge in [0, 0.05) is 18.0 Å². The lowest BCUT2D eigenvalue weighted by Gasteiger charge is -2.07. The van der Waals surface area contributed by atoms with Gasteiger partial charge in [0.05, 0.1) is 6.61 Å². The topological polar surface area (TPSA) is 38.3 Å². The van der Waals surface area contributed by atoms with Gasteiger partial charge in [-0.3, -0.25) is 4.79 Å². The van der Waals surface area contributed by atoms with Crippen LogP contribution in [0.2, 0.25) is 5.02 Å². The highest BCUT2D eigenvalue weighted by Gasteiger charge is 2.02. The molecule has 1 N–H and O–H groups in total. The van der Waals surface area contributed by atoms with Gasteiger partial charge in [-0.15, -0.1) is 0 Å². The Balaban J connectivity index is 1.53. The minimum absolute atomic E-state index is 0.0702. The average Bonchev–Trinajstić information content (AvgIpc) is 2.58. The normalized spacial score (nSPS) is 10.3. The summed E-state index contributed by atoms with van der Waals surface area (Å²) in [6.45, 7) is 1.22. The molecule has 0 bridgehead atoms. The minimum atomic E-state index is 0.0702. The lowest BCUT2D eigenvalue weighted by molar-refractivity contribution is -0.121. The molecule has 2 rings (SSSR count). The van der Waals surface area contributed by atoms with Crippen LogP contribution in [0.4, 0.5) is 0 Å². The number of benzene rings is 2. The monoisotopic (exact) mass is 331 g/mol. The molecule has 122 valence electrons. The van der Waals surface area contributed by atoms with Crippen molar-refractivity contribution in [2.75, 3.05) is 13.2 Å². The van der Waals surface area contributed by atoms with E-state index in [1.165, 1.54) is 0 Å². The molecule has 0 unspecified atom stereocenters. The fourth-order valence-corrected chi connectivity index (χ4v) is 2.47. The van der Waals surface area contributed by atoms with Crippen molar-refractivity contribution in [1.82, 2.24) is 5.32 Å². The van der Waals surface area contributed by atoms with Crippen LogP contribution in [0.15, 0.2) is 54.6 Å². The van der Waals surface area contributed by atoms with E-state index in [0.29, 0.717) is 26.0 Å². The highest BCUT2D eigenvalue weighted by molar-refractivity contribution is 6.31. The highest BCUT2D eigenvalue weighted by atomic mass is 35.5.